The maximum Gasteiger partial charge on any atom is 0.246 e. The van der Waals surface area contributed by atoms with Crippen LogP contribution in [0.15, 0.2) is 42.5 Å². The lowest BCUT2D eigenvalue weighted by molar-refractivity contribution is -0.116. The summed E-state index contributed by atoms with van der Waals surface area (Å²) < 4.78 is 5.11. The van der Waals surface area contributed by atoms with Gasteiger partial charge in [-0.3, -0.25) is 4.79 Å². The monoisotopic (exact) mass is 318 g/mol. The van der Waals surface area contributed by atoms with Crippen molar-refractivity contribution < 1.29 is 9.53 Å². The summed E-state index contributed by atoms with van der Waals surface area (Å²) in [6.07, 6.45) is 0. The number of methoxy groups -OCH3 is 1. The fourth-order valence-corrected chi connectivity index (χ4v) is 2.14. The second-order valence-corrected chi connectivity index (χ2v) is 5.48. The summed E-state index contributed by atoms with van der Waals surface area (Å²) in [5.41, 5.74) is 2.54. The van der Waals surface area contributed by atoms with Gasteiger partial charge < -0.3 is 15.4 Å². The van der Waals surface area contributed by atoms with Gasteiger partial charge in [0.1, 0.15) is 11.8 Å². The second-order valence-electron chi connectivity index (χ2n) is 5.04. The summed E-state index contributed by atoms with van der Waals surface area (Å²) in [5, 5.41) is 6.62. The minimum Gasteiger partial charge on any atom is -0.497 e. The van der Waals surface area contributed by atoms with Gasteiger partial charge >= 0.3 is 0 Å². The molecule has 4 nitrogen and oxygen atoms in total. The quantitative estimate of drug-likeness (QED) is 0.872. The van der Waals surface area contributed by atoms with Crippen molar-refractivity contribution in [2.75, 3.05) is 17.7 Å². The molecule has 0 aromatic heterocycles. The number of halogens is 1. The number of carbonyl (C=O) groups excluding carboxylic acids is 1. The van der Waals surface area contributed by atoms with Crippen molar-refractivity contribution in [3.05, 3.63) is 53.1 Å². The number of ether oxygens (including phenoxy) is 1. The Hall–Kier alpha value is -2.20. The first-order valence-electron chi connectivity index (χ1n) is 6.97. The lowest BCUT2D eigenvalue weighted by Crippen LogP contribution is -2.32. The van der Waals surface area contributed by atoms with Crippen LogP contribution in [-0.2, 0) is 4.79 Å². The number of amides is 1. The van der Waals surface area contributed by atoms with Crippen LogP contribution in [0.3, 0.4) is 0 Å². The Labute approximate surface area is 135 Å². The number of rotatable bonds is 5. The summed E-state index contributed by atoms with van der Waals surface area (Å²) in [6, 6.07) is 12.5. The van der Waals surface area contributed by atoms with Crippen LogP contribution in [0.5, 0.6) is 5.75 Å². The average Bonchev–Trinajstić information content (AvgIpc) is 2.51. The summed E-state index contributed by atoms with van der Waals surface area (Å²) in [4.78, 5) is 12.3. The number of benzene rings is 2. The molecule has 2 rings (SSSR count). The molecule has 2 N–H and O–H groups in total. The van der Waals surface area contributed by atoms with Crippen LogP contribution in [0.4, 0.5) is 11.4 Å². The fraction of sp³-hybridized carbons (Fsp3) is 0.235. The molecule has 2 aromatic carbocycles. The second kappa shape index (κ2) is 7.18. The van der Waals surface area contributed by atoms with E-state index in [-0.39, 0.29) is 11.9 Å². The van der Waals surface area contributed by atoms with Gasteiger partial charge in [0.15, 0.2) is 0 Å². The zero-order valence-corrected chi connectivity index (χ0v) is 13.6. The minimum absolute atomic E-state index is 0.124. The summed E-state index contributed by atoms with van der Waals surface area (Å²) in [5.74, 6) is 0.651. The molecule has 0 aliphatic heterocycles. The van der Waals surface area contributed by atoms with Crippen LogP contribution in [0, 0.1) is 6.92 Å². The zero-order chi connectivity index (χ0) is 16.1. The number of nitrogens with one attached hydrogen (secondary N) is 2. The van der Waals surface area contributed by atoms with E-state index in [0.29, 0.717) is 5.02 Å². The van der Waals surface area contributed by atoms with Gasteiger partial charge in [0.2, 0.25) is 5.91 Å². The molecule has 0 saturated heterocycles. The largest absolute Gasteiger partial charge is 0.497 e. The van der Waals surface area contributed by atoms with Crippen molar-refractivity contribution in [1.82, 2.24) is 0 Å². The molecule has 0 spiro atoms. The molecule has 5 heteroatoms. The smallest absolute Gasteiger partial charge is 0.246 e. The highest BCUT2D eigenvalue weighted by Gasteiger charge is 2.14. The number of aryl methyl sites for hydroxylation is 1. The SMILES string of the molecule is COc1ccc(NC(C)C(=O)Nc2cc(Cl)ccc2C)cc1. The number of hydrogen-bond acceptors (Lipinski definition) is 3. The van der Waals surface area contributed by atoms with Gasteiger partial charge in [-0.1, -0.05) is 17.7 Å². The molecule has 0 fully saturated rings. The molecular formula is C17H19ClN2O2. The van der Waals surface area contributed by atoms with Crippen LogP contribution in [0.2, 0.25) is 5.02 Å². The molecule has 0 heterocycles. The molecule has 1 unspecified atom stereocenters. The molecule has 2 aromatic rings. The van der Waals surface area contributed by atoms with Crippen molar-refractivity contribution in [3.8, 4) is 5.75 Å². The molecule has 22 heavy (non-hydrogen) atoms. The van der Waals surface area contributed by atoms with Gasteiger partial charge in [-0.2, -0.15) is 0 Å². The Morgan fingerprint density at radius 3 is 2.50 bits per heavy atom. The van der Waals surface area contributed by atoms with Crippen LogP contribution >= 0.6 is 11.6 Å². The highest BCUT2D eigenvalue weighted by molar-refractivity contribution is 6.31. The van der Waals surface area contributed by atoms with Crippen LogP contribution < -0.4 is 15.4 Å². The van der Waals surface area contributed by atoms with E-state index in [1.165, 1.54) is 0 Å². The maximum absolute atomic E-state index is 12.3. The van der Waals surface area contributed by atoms with Crippen molar-refractivity contribution in [2.24, 2.45) is 0 Å². The Morgan fingerprint density at radius 1 is 1.18 bits per heavy atom. The van der Waals surface area contributed by atoms with Gasteiger partial charge in [0.25, 0.3) is 0 Å². The first-order chi connectivity index (χ1) is 10.5. The standard InChI is InChI=1S/C17H19ClN2O2/c1-11-4-5-13(18)10-16(11)20-17(21)12(2)19-14-6-8-15(22-3)9-7-14/h4-10,12,19H,1-3H3,(H,20,21). The van der Waals surface area contributed by atoms with Crippen LogP contribution in [0.25, 0.3) is 0 Å². The Balaban J connectivity index is 2.00. The van der Waals surface area contributed by atoms with E-state index in [0.717, 1.165) is 22.7 Å². The van der Waals surface area contributed by atoms with Crippen molar-refractivity contribution in [1.29, 1.82) is 0 Å². The molecule has 0 radical (unpaired) electrons. The predicted molar refractivity (Wildman–Crippen MR) is 90.9 cm³/mol. The Kier molecular flexibility index (Phi) is 5.28. The molecule has 116 valence electrons. The molecule has 0 saturated carbocycles. The van der Waals surface area contributed by atoms with E-state index < -0.39 is 0 Å². The average molecular weight is 319 g/mol. The first-order valence-corrected chi connectivity index (χ1v) is 7.35. The van der Waals surface area contributed by atoms with E-state index in [1.54, 1.807) is 26.2 Å². The maximum atomic E-state index is 12.3. The van der Waals surface area contributed by atoms with Gasteiger partial charge in [0, 0.05) is 16.4 Å². The molecule has 1 atom stereocenters. The normalized spacial score (nSPS) is 11.6. The van der Waals surface area contributed by atoms with E-state index in [1.807, 2.05) is 37.3 Å². The third-order valence-corrected chi connectivity index (χ3v) is 3.56. The van der Waals surface area contributed by atoms with Gasteiger partial charge in [-0.15, -0.1) is 0 Å². The molecular weight excluding hydrogens is 300 g/mol. The number of anilines is 2. The third kappa shape index (κ3) is 4.15. The Morgan fingerprint density at radius 2 is 1.86 bits per heavy atom. The minimum atomic E-state index is -0.383. The fourth-order valence-electron chi connectivity index (χ4n) is 1.97. The van der Waals surface area contributed by atoms with Crippen molar-refractivity contribution in [2.45, 2.75) is 19.9 Å². The third-order valence-electron chi connectivity index (χ3n) is 3.32. The van der Waals surface area contributed by atoms with E-state index in [4.69, 9.17) is 16.3 Å². The first kappa shape index (κ1) is 16.2. The summed E-state index contributed by atoms with van der Waals surface area (Å²) in [7, 11) is 1.62. The van der Waals surface area contributed by atoms with Gasteiger partial charge in [0.05, 0.1) is 7.11 Å². The molecule has 0 bridgehead atoms. The lowest BCUT2D eigenvalue weighted by atomic mass is 10.2. The van der Waals surface area contributed by atoms with Crippen molar-refractivity contribution >= 4 is 28.9 Å². The van der Waals surface area contributed by atoms with Crippen LogP contribution in [0.1, 0.15) is 12.5 Å². The highest BCUT2D eigenvalue weighted by Crippen LogP contribution is 2.21. The zero-order valence-electron chi connectivity index (χ0n) is 12.8. The molecule has 1 amide bonds. The van der Waals surface area contributed by atoms with E-state index in [2.05, 4.69) is 10.6 Å². The van der Waals surface area contributed by atoms with Gasteiger partial charge in [-0.25, -0.2) is 0 Å². The number of carbonyl (C=O) groups is 1. The summed E-state index contributed by atoms with van der Waals surface area (Å²) in [6.45, 7) is 3.73. The van der Waals surface area contributed by atoms with Gasteiger partial charge in [-0.05, 0) is 55.8 Å². The predicted octanol–water partition coefficient (Wildman–Crippen LogP) is 4.10. The molecule has 0 aliphatic rings. The topological polar surface area (TPSA) is 50.4 Å². The lowest BCUT2D eigenvalue weighted by Gasteiger charge is -2.16. The van der Waals surface area contributed by atoms with E-state index >= 15 is 0 Å². The van der Waals surface area contributed by atoms with Crippen LogP contribution in [-0.4, -0.2) is 19.1 Å². The highest BCUT2D eigenvalue weighted by atomic mass is 35.5. The van der Waals surface area contributed by atoms with E-state index in [9.17, 15) is 4.79 Å². The number of hydrogen-bond donors (Lipinski definition) is 2. The summed E-state index contributed by atoms with van der Waals surface area (Å²) >= 11 is 5.96. The molecule has 0 aliphatic carbocycles. The Bertz CT molecular complexity index is 656. The van der Waals surface area contributed by atoms with Crippen molar-refractivity contribution in [3.63, 3.8) is 0 Å².